The third-order valence-electron chi connectivity index (χ3n) is 1.77. The predicted molar refractivity (Wildman–Crippen MR) is 47.9 cm³/mol. The van der Waals surface area contributed by atoms with Gasteiger partial charge in [0.25, 0.3) is 0 Å². The first-order valence-electron chi connectivity index (χ1n) is 4.26. The molecular formula is C10H10O4. The largest absolute Gasteiger partial charge is 0.417 e. The van der Waals surface area contributed by atoms with E-state index in [0.717, 1.165) is 0 Å². The minimum absolute atomic E-state index is 0.444. The van der Waals surface area contributed by atoms with Crippen molar-refractivity contribution in [2.75, 3.05) is 0 Å². The Morgan fingerprint density at radius 3 is 2.21 bits per heavy atom. The molecule has 0 radical (unpaired) electrons. The van der Waals surface area contributed by atoms with Crippen LogP contribution in [0.1, 0.15) is 13.8 Å². The Balaban J connectivity index is 2.21. The highest BCUT2D eigenvalue weighted by atomic mass is 16.9. The molecule has 0 saturated heterocycles. The number of carbonyl (C=O) groups excluding carboxylic acids is 1. The lowest BCUT2D eigenvalue weighted by Crippen LogP contribution is -2.39. The Morgan fingerprint density at radius 1 is 1.29 bits per heavy atom. The zero-order valence-electron chi connectivity index (χ0n) is 7.94. The van der Waals surface area contributed by atoms with Gasteiger partial charge in [0, 0.05) is 6.92 Å². The van der Waals surface area contributed by atoms with E-state index in [2.05, 4.69) is 0 Å². The van der Waals surface area contributed by atoms with Crippen LogP contribution < -0.4 is 9.47 Å². The van der Waals surface area contributed by atoms with Crippen LogP contribution in [0.15, 0.2) is 24.3 Å². The Labute approximate surface area is 81.4 Å². The Bertz CT molecular complexity index is 347. The molecule has 0 unspecified atom stereocenters. The van der Waals surface area contributed by atoms with Gasteiger partial charge in [-0.2, -0.15) is 0 Å². The second-order valence-corrected chi connectivity index (χ2v) is 3.11. The van der Waals surface area contributed by atoms with Crippen molar-refractivity contribution in [1.29, 1.82) is 0 Å². The minimum atomic E-state index is -1.32. The highest BCUT2D eigenvalue weighted by molar-refractivity contribution is 5.66. The number of carbonyl (C=O) groups is 1. The van der Waals surface area contributed by atoms with Crippen LogP contribution in [0.5, 0.6) is 11.5 Å². The number of ether oxygens (including phenoxy) is 3. The van der Waals surface area contributed by atoms with Crippen LogP contribution >= 0.6 is 0 Å². The van der Waals surface area contributed by atoms with Crippen molar-refractivity contribution < 1.29 is 19.0 Å². The van der Waals surface area contributed by atoms with Gasteiger partial charge in [0.05, 0.1) is 6.92 Å². The summed E-state index contributed by atoms with van der Waals surface area (Å²) in [5.74, 6) is -0.608. The summed E-state index contributed by atoms with van der Waals surface area (Å²) >= 11 is 0. The molecule has 1 aromatic carbocycles. The van der Waals surface area contributed by atoms with Crippen molar-refractivity contribution in [2.24, 2.45) is 0 Å². The molecule has 0 aliphatic carbocycles. The fourth-order valence-electron chi connectivity index (χ4n) is 1.34. The summed E-state index contributed by atoms with van der Waals surface area (Å²) in [6, 6.07) is 7.15. The molecule has 4 nitrogen and oxygen atoms in total. The van der Waals surface area contributed by atoms with E-state index in [1.165, 1.54) is 6.92 Å². The molecule has 0 fully saturated rings. The van der Waals surface area contributed by atoms with Gasteiger partial charge in [-0.1, -0.05) is 12.1 Å². The third-order valence-corrected chi connectivity index (χ3v) is 1.77. The van der Waals surface area contributed by atoms with Gasteiger partial charge in [-0.3, -0.25) is 4.79 Å². The average Bonchev–Trinajstić information content (AvgIpc) is 2.38. The standard InChI is InChI=1S/C10H10O4/c1-7(11)12-10(2)13-8-5-3-4-6-9(8)14-10/h3-6H,1-2H3. The molecule has 0 aromatic heterocycles. The summed E-state index contributed by atoms with van der Waals surface area (Å²) in [7, 11) is 0. The van der Waals surface area contributed by atoms with Crippen molar-refractivity contribution in [2.45, 2.75) is 19.8 Å². The first kappa shape index (κ1) is 8.87. The van der Waals surface area contributed by atoms with E-state index in [1.54, 1.807) is 19.1 Å². The summed E-state index contributed by atoms with van der Waals surface area (Å²) in [5.41, 5.74) is 0. The average molecular weight is 194 g/mol. The number of hydrogen-bond donors (Lipinski definition) is 0. The molecule has 14 heavy (non-hydrogen) atoms. The Kier molecular flexibility index (Phi) is 1.84. The maximum Gasteiger partial charge on any atom is 0.416 e. The summed E-state index contributed by atoms with van der Waals surface area (Å²) in [6.45, 7) is 2.86. The van der Waals surface area contributed by atoms with Crippen LogP contribution in [0, 0.1) is 0 Å². The lowest BCUT2D eigenvalue weighted by Gasteiger charge is -2.20. The fourth-order valence-corrected chi connectivity index (χ4v) is 1.34. The highest BCUT2D eigenvalue weighted by Crippen LogP contribution is 2.39. The van der Waals surface area contributed by atoms with E-state index in [-0.39, 0.29) is 0 Å². The molecular weight excluding hydrogens is 184 g/mol. The van der Waals surface area contributed by atoms with Crippen molar-refractivity contribution in [3.8, 4) is 11.5 Å². The summed E-state index contributed by atoms with van der Waals surface area (Å²) < 4.78 is 15.6. The molecule has 0 spiro atoms. The van der Waals surface area contributed by atoms with E-state index >= 15 is 0 Å². The van der Waals surface area contributed by atoms with Crippen molar-refractivity contribution >= 4 is 5.97 Å². The van der Waals surface area contributed by atoms with E-state index < -0.39 is 11.9 Å². The molecule has 1 aromatic rings. The van der Waals surface area contributed by atoms with Crippen LogP contribution in [0.25, 0.3) is 0 Å². The lowest BCUT2D eigenvalue weighted by molar-refractivity contribution is -0.255. The Morgan fingerprint density at radius 2 is 1.79 bits per heavy atom. The monoisotopic (exact) mass is 194 g/mol. The first-order chi connectivity index (χ1) is 6.59. The summed E-state index contributed by atoms with van der Waals surface area (Å²) in [6.07, 6.45) is 0. The van der Waals surface area contributed by atoms with Gasteiger partial charge in [-0.25, -0.2) is 0 Å². The first-order valence-corrected chi connectivity index (χ1v) is 4.26. The van der Waals surface area contributed by atoms with Gasteiger partial charge in [-0.05, 0) is 12.1 Å². The van der Waals surface area contributed by atoms with Crippen molar-refractivity contribution in [3.63, 3.8) is 0 Å². The second kappa shape index (κ2) is 2.90. The molecule has 0 saturated carbocycles. The molecule has 0 N–H and O–H groups in total. The van der Waals surface area contributed by atoms with Crippen LogP contribution in [-0.4, -0.2) is 11.9 Å². The maximum absolute atomic E-state index is 10.8. The smallest absolute Gasteiger partial charge is 0.416 e. The van der Waals surface area contributed by atoms with E-state index in [0.29, 0.717) is 11.5 Å². The van der Waals surface area contributed by atoms with Crippen LogP contribution in [0.2, 0.25) is 0 Å². The van der Waals surface area contributed by atoms with Crippen LogP contribution in [0.3, 0.4) is 0 Å². The molecule has 1 aliphatic rings. The van der Waals surface area contributed by atoms with E-state index in [9.17, 15) is 4.79 Å². The highest BCUT2D eigenvalue weighted by Gasteiger charge is 2.40. The lowest BCUT2D eigenvalue weighted by atomic mass is 10.3. The number of fused-ring (bicyclic) bond motifs is 1. The third kappa shape index (κ3) is 1.51. The number of rotatable bonds is 1. The summed E-state index contributed by atoms with van der Waals surface area (Å²) in [5, 5.41) is 0. The Hall–Kier alpha value is -1.71. The van der Waals surface area contributed by atoms with Gasteiger partial charge in [0.2, 0.25) is 0 Å². The van der Waals surface area contributed by atoms with Gasteiger partial charge in [-0.15, -0.1) is 0 Å². The normalized spacial score (nSPS) is 16.4. The van der Waals surface area contributed by atoms with Crippen LogP contribution in [0.4, 0.5) is 0 Å². The molecule has 2 rings (SSSR count). The number of para-hydroxylation sites is 2. The summed E-state index contributed by atoms with van der Waals surface area (Å²) in [4.78, 5) is 10.8. The van der Waals surface area contributed by atoms with E-state index in [4.69, 9.17) is 14.2 Å². The minimum Gasteiger partial charge on any atom is -0.417 e. The van der Waals surface area contributed by atoms with Gasteiger partial charge in [0.1, 0.15) is 0 Å². The van der Waals surface area contributed by atoms with Gasteiger partial charge >= 0.3 is 11.9 Å². The van der Waals surface area contributed by atoms with Gasteiger partial charge < -0.3 is 14.2 Å². The predicted octanol–water partition coefficient (Wildman–Crippen LogP) is 1.69. The molecule has 0 bridgehead atoms. The number of hydrogen-bond acceptors (Lipinski definition) is 4. The molecule has 74 valence electrons. The second-order valence-electron chi connectivity index (χ2n) is 3.11. The molecule has 0 atom stereocenters. The zero-order valence-corrected chi connectivity index (χ0v) is 7.94. The molecule has 4 heteroatoms. The SMILES string of the molecule is CC(=O)OC1(C)Oc2ccccc2O1. The quantitative estimate of drug-likeness (QED) is 0.638. The van der Waals surface area contributed by atoms with Crippen molar-refractivity contribution in [1.82, 2.24) is 0 Å². The number of esters is 1. The van der Waals surface area contributed by atoms with E-state index in [1.807, 2.05) is 12.1 Å². The molecule has 1 aliphatic heterocycles. The van der Waals surface area contributed by atoms with Gasteiger partial charge in [0.15, 0.2) is 11.5 Å². The fraction of sp³-hybridized carbons (Fsp3) is 0.300. The van der Waals surface area contributed by atoms with Crippen LogP contribution in [-0.2, 0) is 9.53 Å². The topological polar surface area (TPSA) is 44.8 Å². The zero-order chi connectivity index (χ0) is 10.2. The number of benzene rings is 1. The van der Waals surface area contributed by atoms with Crippen molar-refractivity contribution in [3.05, 3.63) is 24.3 Å². The maximum atomic E-state index is 10.8. The molecule has 1 heterocycles. The molecule has 0 amide bonds.